The lowest BCUT2D eigenvalue weighted by Crippen LogP contribution is -2.46. The highest BCUT2D eigenvalue weighted by Gasteiger charge is 2.28. The van der Waals surface area contributed by atoms with E-state index in [-0.39, 0.29) is 4.90 Å². The Balaban J connectivity index is 1.18. The number of hydrogen-bond acceptors (Lipinski definition) is 5. The van der Waals surface area contributed by atoms with Gasteiger partial charge in [0.25, 0.3) is 0 Å². The molecule has 2 aliphatic rings. The molecule has 0 saturated carbocycles. The lowest BCUT2D eigenvalue weighted by Gasteiger charge is -2.36. The molecule has 0 atom stereocenters. The lowest BCUT2D eigenvalue weighted by molar-refractivity contribution is -0.114. The molecule has 0 unspecified atom stereocenters. The Kier molecular flexibility index (Phi) is 6.39. The summed E-state index contributed by atoms with van der Waals surface area (Å²) in [6, 6.07) is 15.9. The van der Waals surface area contributed by atoms with Crippen LogP contribution in [0, 0.1) is 0 Å². The standard InChI is InChI=1S/C23H29N3O3S/c27-23-18-30(28,29)22-11-10-19(17-21(22)24-23)7-3-2-6-12-25-13-15-26(16-14-25)20-8-4-1-5-9-20/h1,4-5,8-11,17H,2-3,6-7,12-16,18H2,(H,24,27). The normalized spacial score (nSPS) is 18.7. The van der Waals surface area contributed by atoms with Crippen molar-refractivity contribution in [3.05, 3.63) is 54.1 Å². The second-order valence-corrected chi connectivity index (χ2v) is 10.1. The number of amides is 1. The summed E-state index contributed by atoms with van der Waals surface area (Å²) in [4.78, 5) is 16.8. The highest BCUT2D eigenvalue weighted by molar-refractivity contribution is 7.92. The smallest absolute Gasteiger partial charge is 0.239 e. The average Bonchev–Trinajstić information content (AvgIpc) is 2.73. The van der Waals surface area contributed by atoms with E-state index < -0.39 is 21.5 Å². The third-order valence-corrected chi connectivity index (χ3v) is 7.58. The molecular weight excluding hydrogens is 398 g/mol. The summed E-state index contributed by atoms with van der Waals surface area (Å²) < 4.78 is 24.2. The second kappa shape index (κ2) is 9.18. The molecule has 0 aromatic heterocycles. The molecule has 0 aliphatic carbocycles. The number of nitrogens with one attached hydrogen (secondary N) is 1. The van der Waals surface area contributed by atoms with Crippen molar-refractivity contribution < 1.29 is 13.2 Å². The van der Waals surface area contributed by atoms with Crippen molar-refractivity contribution in [2.24, 2.45) is 0 Å². The van der Waals surface area contributed by atoms with E-state index in [1.165, 1.54) is 12.1 Å². The molecule has 6 nitrogen and oxygen atoms in total. The fraction of sp³-hybridized carbons (Fsp3) is 0.435. The maximum Gasteiger partial charge on any atom is 0.239 e. The van der Waals surface area contributed by atoms with Gasteiger partial charge in [0.15, 0.2) is 9.84 Å². The number of aryl methyl sites for hydroxylation is 1. The molecule has 0 bridgehead atoms. The first-order chi connectivity index (χ1) is 14.5. The SMILES string of the molecule is O=C1CS(=O)(=O)c2ccc(CCCCCN3CCN(c4ccccc4)CC3)cc2N1. The van der Waals surface area contributed by atoms with Gasteiger partial charge in [-0.05, 0) is 55.6 Å². The predicted molar refractivity (Wildman–Crippen MR) is 120 cm³/mol. The number of anilines is 2. The maximum atomic E-state index is 12.1. The Labute approximate surface area is 178 Å². The summed E-state index contributed by atoms with van der Waals surface area (Å²) in [5.41, 5.74) is 2.81. The first-order valence-electron chi connectivity index (χ1n) is 10.7. The fourth-order valence-corrected chi connectivity index (χ4v) is 5.54. The molecule has 1 saturated heterocycles. The minimum Gasteiger partial charge on any atom is -0.369 e. The largest absolute Gasteiger partial charge is 0.369 e. The van der Waals surface area contributed by atoms with Crippen LogP contribution in [0.4, 0.5) is 11.4 Å². The molecule has 1 N–H and O–H groups in total. The maximum absolute atomic E-state index is 12.1. The van der Waals surface area contributed by atoms with Crippen molar-refractivity contribution in [2.75, 3.05) is 48.7 Å². The van der Waals surface area contributed by atoms with Crippen LogP contribution in [0.25, 0.3) is 0 Å². The monoisotopic (exact) mass is 427 g/mol. The van der Waals surface area contributed by atoms with E-state index in [0.29, 0.717) is 5.69 Å². The summed E-state index contributed by atoms with van der Waals surface area (Å²) in [6.07, 6.45) is 4.26. The van der Waals surface area contributed by atoms with Gasteiger partial charge in [-0.2, -0.15) is 0 Å². The number of fused-ring (bicyclic) bond motifs is 1. The summed E-state index contributed by atoms with van der Waals surface area (Å²) in [5, 5.41) is 2.69. The molecular formula is C23H29N3O3S. The van der Waals surface area contributed by atoms with Gasteiger partial charge < -0.3 is 10.2 Å². The van der Waals surface area contributed by atoms with Crippen LogP contribution in [0.5, 0.6) is 0 Å². The Morgan fingerprint density at radius 1 is 0.900 bits per heavy atom. The number of para-hydroxylation sites is 1. The van der Waals surface area contributed by atoms with Crippen molar-refractivity contribution >= 4 is 27.1 Å². The number of piperazine rings is 1. The lowest BCUT2D eigenvalue weighted by atomic mass is 10.1. The number of sulfone groups is 1. The van der Waals surface area contributed by atoms with Crippen molar-refractivity contribution in [2.45, 2.75) is 30.6 Å². The van der Waals surface area contributed by atoms with Crippen LogP contribution in [0.1, 0.15) is 24.8 Å². The highest BCUT2D eigenvalue weighted by atomic mass is 32.2. The summed E-state index contributed by atoms with van der Waals surface area (Å²) in [5.74, 6) is -0.911. The number of unbranched alkanes of at least 4 members (excludes halogenated alkanes) is 2. The van der Waals surface area contributed by atoms with Crippen LogP contribution in [0.15, 0.2) is 53.4 Å². The van der Waals surface area contributed by atoms with E-state index in [2.05, 4.69) is 45.4 Å². The molecule has 30 heavy (non-hydrogen) atoms. The molecule has 160 valence electrons. The number of nitrogens with zero attached hydrogens (tertiary/aromatic N) is 2. The van der Waals surface area contributed by atoms with E-state index in [1.807, 2.05) is 12.1 Å². The topological polar surface area (TPSA) is 69.7 Å². The van der Waals surface area contributed by atoms with Gasteiger partial charge in [-0.25, -0.2) is 8.42 Å². The average molecular weight is 428 g/mol. The van der Waals surface area contributed by atoms with Gasteiger partial charge in [-0.3, -0.25) is 9.69 Å². The van der Waals surface area contributed by atoms with Crippen molar-refractivity contribution in [1.82, 2.24) is 4.90 Å². The quantitative estimate of drug-likeness (QED) is 0.688. The van der Waals surface area contributed by atoms with Gasteiger partial charge in [0, 0.05) is 31.9 Å². The van der Waals surface area contributed by atoms with Crippen LogP contribution in [0.3, 0.4) is 0 Å². The van der Waals surface area contributed by atoms with E-state index in [0.717, 1.165) is 57.5 Å². The second-order valence-electron chi connectivity index (χ2n) is 8.11. The van der Waals surface area contributed by atoms with Gasteiger partial charge in [0.05, 0.1) is 10.6 Å². The molecule has 1 fully saturated rings. The molecule has 7 heteroatoms. The number of carbonyl (C=O) groups excluding carboxylic acids is 1. The van der Waals surface area contributed by atoms with Gasteiger partial charge in [0.2, 0.25) is 5.91 Å². The molecule has 0 radical (unpaired) electrons. The number of benzene rings is 2. The zero-order chi connectivity index (χ0) is 21.0. The zero-order valence-electron chi connectivity index (χ0n) is 17.2. The van der Waals surface area contributed by atoms with Crippen LogP contribution in [-0.4, -0.2) is 57.7 Å². The Morgan fingerprint density at radius 2 is 1.67 bits per heavy atom. The van der Waals surface area contributed by atoms with E-state index in [1.54, 1.807) is 6.07 Å². The number of rotatable bonds is 7. The van der Waals surface area contributed by atoms with E-state index in [4.69, 9.17) is 0 Å². The molecule has 2 aromatic carbocycles. The Bertz CT molecular complexity index is 984. The molecule has 0 spiro atoms. The van der Waals surface area contributed by atoms with Gasteiger partial charge in [-0.1, -0.05) is 30.7 Å². The summed E-state index contributed by atoms with van der Waals surface area (Å²) in [6.45, 7) is 5.49. The van der Waals surface area contributed by atoms with E-state index >= 15 is 0 Å². The molecule has 2 aliphatic heterocycles. The number of carbonyl (C=O) groups is 1. The van der Waals surface area contributed by atoms with Crippen LogP contribution in [-0.2, 0) is 21.1 Å². The molecule has 2 aromatic rings. The minimum absolute atomic E-state index is 0.237. The zero-order valence-corrected chi connectivity index (χ0v) is 18.0. The Hall–Kier alpha value is -2.38. The summed E-state index contributed by atoms with van der Waals surface area (Å²) in [7, 11) is -3.49. The highest BCUT2D eigenvalue weighted by Crippen LogP contribution is 2.28. The summed E-state index contributed by atoms with van der Waals surface area (Å²) >= 11 is 0. The van der Waals surface area contributed by atoms with Gasteiger partial charge in [-0.15, -0.1) is 0 Å². The Morgan fingerprint density at radius 3 is 2.43 bits per heavy atom. The van der Waals surface area contributed by atoms with E-state index in [9.17, 15) is 13.2 Å². The first kappa shape index (κ1) is 20.9. The first-order valence-corrected chi connectivity index (χ1v) is 12.3. The van der Waals surface area contributed by atoms with Crippen molar-refractivity contribution in [1.29, 1.82) is 0 Å². The molecule has 4 rings (SSSR count). The van der Waals surface area contributed by atoms with Crippen LogP contribution >= 0.6 is 0 Å². The minimum atomic E-state index is -3.49. The van der Waals surface area contributed by atoms with Crippen molar-refractivity contribution in [3.63, 3.8) is 0 Å². The third-order valence-electron chi connectivity index (χ3n) is 5.91. The van der Waals surface area contributed by atoms with Crippen molar-refractivity contribution in [3.8, 4) is 0 Å². The third kappa shape index (κ3) is 5.02. The fourth-order valence-electron chi connectivity index (χ4n) is 4.25. The van der Waals surface area contributed by atoms with Crippen LogP contribution < -0.4 is 10.2 Å². The molecule has 2 heterocycles. The molecule has 1 amide bonds. The van der Waals surface area contributed by atoms with Gasteiger partial charge >= 0.3 is 0 Å². The van der Waals surface area contributed by atoms with Gasteiger partial charge in [0.1, 0.15) is 5.75 Å². The number of hydrogen-bond donors (Lipinski definition) is 1. The van der Waals surface area contributed by atoms with Crippen LogP contribution in [0.2, 0.25) is 0 Å². The predicted octanol–water partition coefficient (Wildman–Crippen LogP) is 2.95.